The molecule has 2 aromatic rings. The highest BCUT2D eigenvalue weighted by Gasteiger charge is 2.12. The maximum atomic E-state index is 13.4. The van der Waals surface area contributed by atoms with Gasteiger partial charge in [-0.05, 0) is 18.2 Å². The molecule has 0 aliphatic heterocycles. The Kier molecular flexibility index (Phi) is 3.42. The number of nitrogens with two attached hydrogens (primary N) is 1. The summed E-state index contributed by atoms with van der Waals surface area (Å²) in [6.07, 6.45) is 1.38. The molecule has 1 aromatic carbocycles. The Morgan fingerprint density at radius 1 is 1.28 bits per heavy atom. The lowest BCUT2D eigenvalue weighted by Gasteiger charge is -2.08. The first-order valence-corrected chi connectivity index (χ1v) is 5.23. The fourth-order valence-corrected chi connectivity index (χ4v) is 1.40. The number of hydrogen-bond acceptors (Lipinski definition) is 4. The van der Waals surface area contributed by atoms with E-state index in [1.54, 1.807) is 0 Å². The monoisotopic (exact) mass is 267 g/mol. The predicted molar refractivity (Wildman–Crippen MR) is 64.4 cm³/mol. The summed E-state index contributed by atoms with van der Waals surface area (Å²) in [7, 11) is 0. The van der Waals surface area contributed by atoms with Crippen molar-refractivity contribution in [1.82, 2.24) is 10.2 Å². The fourth-order valence-electron chi connectivity index (χ4n) is 1.24. The van der Waals surface area contributed by atoms with Crippen molar-refractivity contribution in [3.05, 3.63) is 47.7 Å². The van der Waals surface area contributed by atoms with Crippen molar-refractivity contribution in [3.63, 3.8) is 0 Å². The molecule has 92 valence electrons. The number of hydrogen-bond donors (Lipinski definition) is 1. The average Bonchev–Trinajstić information content (AvgIpc) is 2.33. The smallest absolute Gasteiger partial charge is 0.249 e. The number of rotatable bonds is 3. The van der Waals surface area contributed by atoms with E-state index in [0.29, 0.717) is 11.6 Å². The van der Waals surface area contributed by atoms with E-state index in [1.165, 1.54) is 12.3 Å². The molecule has 0 amide bonds. The topological polar surface area (TPSA) is 61.0 Å². The van der Waals surface area contributed by atoms with Crippen LogP contribution in [0.3, 0.4) is 0 Å². The average molecular weight is 267 g/mol. The van der Waals surface area contributed by atoms with E-state index in [-0.39, 0.29) is 16.6 Å². The zero-order valence-electron chi connectivity index (χ0n) is 8.93. The van der Waals surface area contributed by atoms with Gasteiger partial charge in [-0.3, -0.25) is 0 Å². The Balaban J connectivity index is 2.37. The third-order valence-electron chi connectivity index (χ3n) is 2.05. The van der Waals surface area contributed by atoms with Crippen LogP contribution in [-0.4, -0.2) is 15.2 Å². The van der Waals surface area contributed by atoms with E-state index in [9.17, 15) is 8.78 Å². The molecule has 7 heteroatoms. The molecule has 2 N–H and O–H groups in total. The van der Waals surface area contributed by atoms with Crippen LogP contribution in [0.5, 0.6) is 11.6 Å². The van der Waals surface area contributed by atoms with Crippen LogP contribution in [0.1, 0.15) is 5.56 Å². The van der Waals surface area contributed by atoms with Crippen molar-refractivity contribution < 1.29 is 13.5 Å². The third-order valence-corrected chi connectivity index (χ3v) is 2.27. The quantitative estimate of drug-likeness (QED) is 0.864. The molecule has 0 atom stereocenters. The second-order valence-corrected chi connectivity index (χ2v) is 3.73. The largest absolute Gasteiger partial charge is 0.434 e. The van der Waals surface area contributed by atoms with Crippen LogP contribution in [0.2, 0.25) is 0 Å². The van der Waals surface area contributed by atoms with Crippen molar-refractivity contribution in [2.75, 3.05) is 0 Å². The van der Waals surface area contributed by atoms with Crippen LogP contribution < -0.4 is 10.5 Å². The van der Waals surface area contributed by atoms with E-state index in [1.807, 2.05) is 0 Å². The van der Waals surface area contributed by atoms with Gasteiger partial charge in [-0.2, -0.15) is 5.10 Å². The van der Waals surface area contributed by atoms with Crippen molar-refractivity contribution in [2.45, 2.75) is 0 Å². The fraction of sp³-hybridized carbons (Fsp3) is 0. The lowest BCUT2D eigenvalue weighted by molar-refractivity contribution is 0.417. The molecule has 0 bridgehead atoms. The van der Waals surface area contributed by atoms with Gasteiger partial charge in [0.15, 0.2) is 11.6 Å². The molecule has 1 aromatic heterocycles. The van der Waals surface area contributed by atoms with Crippen LogP contribution >= 0.6 is 12.2 Å². The Labute approximate surface area is 106 Å². The molecule has 0 unspecified atom stereocenters. The molecule has 0 spiro atoms. The minimum absolute atomic E-state index is 0.0319. The molecule has 0 aliphatic rings. The van der Waals surface area contributed by atoms with Crippen molar-refractivity contribution in [1.29, 1.82) is 0 Å². The van der Waals surface area contributed by atoms with Gasteiger partial charge < -0.3 is 10.5 Å². The Bertz CT molecular complexity index is 607. The first kappa shape index (κ1) is 12.3. The number of benzene rings is 1. The number of thiocarbonyl (C=S) groups is 1. The van der Waals surface area contributed by atoms with E-state index < -0.39 is 11.6 Å². The molecule has 1 heterocycles. The maximum absolute atomic E-state index is 13.4. The SMILES string of the molecule is NC(=S)c1ccnnc1Oc1ccc(F)cc1F. The van der Waals surface area contributed by atoms with Crippen LogP contribution in [0.15, 0.2) is 30.5 Å². The van der Waals surface area contributed by atoms with Gasteiger partial charge in [0, 0.05) is 6.07 Å². The van der Waals surface area contributed by atoms with Gasteiger partial charge in [0.1, 0.15) is 10.8 Å². The van der Waals surface area contributed by atoms with Gasteiger partial charge >= 0.3 is 0 Å². The Morgan fingerprint density at radius 2 is 2.06 bits per heavy atom. The van der Waals surface area contributed by atoms with E-state index in [2.05, 4.69) is 10.2 Å². The lowest BCUT2D eigenvalue weighted by Crippen LogP contribution is -2.12. The molecule has 2 rings (SSSR count). The van der Waals surface area contributed by atoms with Crippen molar-refractivity contribution in [3.8, 4) is 11.6 Å². The summed E-state index contributed by atoms with van der Waals surface area (Å²) < 4.78 is 31.3. The van der Waals surface area contributed by atoms with Crippen LogP contribution in [0, 0.1) is 11.6 Å². The van der Waals surface area contributed by atoms with Crippen molar-refractivity contribution >= 4 is 17.2 Å². The molecule has 0 fully saturated rings. The van der Waals surface area contributed by atoms with Gasteiger partial charge in [0.05, 0.1) is 11.8 Å². The molecule has 0 radical (unpaired) electrons. The molecule has 18 heavy (non-hydrogen) atoms. The third kappa shape index (κ3) is 2.57. The predicted octanol–water partition coefficient (Wildman–Crippen LogP) is 2.18. The molecule has 0 aliphatic carbocycles. The normalized spacial score (nSPS) is 10.1. The molecule has 4 nitrogen and oxygen atoms in total. The first-order chi connectivity index (χ1) is 8.58. The summed E-state index contributed by atoms with van der Waals surface area (Å²) >= 11 is 4.80. The van der Waals surface area contributed by atoms with E-state index >= 15 is 0 Å². The molecule has 0 saturated carbocycles. The van der Waals surface area contributed by atoms with Gasteiger partial charge in [-0.15, -0.1) is 5.10 Å². The Morgan fingerprint density at radius 3 is 2.72 bits per heavy atom. The summed E-state index contributed by atoms with van der Waals surface area (Å²) in [5.41, 5.74) is 5.78. The molecule has 0 saturated heterocycles. The van der Waals surface area contributed by atoms with Gasteiger partial charge in [0.2, 0.25) is 5.88 Å². The van der Waals surface area contributed by atoms with Crippen LogP contribution in [0.25, 0.3) is 0 Å². The highest BCUT2D eigenvalue weighted by Crippen LogP contribution is 2.25. The standard InChI is InChI=1S/C11H7F2N3OS/c12-6-1-2-9(8(13)5-6)17-11-7(10(14)18)3-4-15-16-11/h1-5H,(H2,14,18). The summed E-state index contributed by atoms with van der Waals surface area (Å²) in [6.45, 7) is 0. The minimum atomic E-state index is -0.852. The summed E-state index contributed by atoms with van der Waals surface area (Å²) in [5, 5.41) is 7.24. The second kappa shape index (κ2) is 5.01. The number of nitrogens with zero attached hydrogens (tertiary/aromatic N) is 2. The van der Waals surface area contributed by atoms with Crippen LogP contribution in [-0.2, 0) is 0 Å². The van der Waals surface area contributed by atoms with Crippen LogP contribution in [0.4, 0.5) is 8.78 Å². The zero-order chi connectivity index (χ0) is 13.1. The first-order valence-electron chi connectivity index (χ1n) is 4.82. The zero-order valence-corrected chi connectivity index (χ0v) is 9.75. The maximum Gasteiger partial charge on any atom is 0.249 e. The summed E-state index contributed by atoms with van der Waals surface area (Å²) in [5.74, 6) is -1.77. The highest BCUT2D eigenvalue weighted by atomic mass is 32.1. The molecular formula is C11H7F2N3OS. The molecular weight excluding hydrogens is 260 g/mol. The van der Waals surface area contributed by atoms with E-state index in [4.69, 9.17) is 22.7 Å². The second-order valence-electron chi connectivity index (χ2n) is 3.29. The highest BCUT2D eigenvalue weighted by molar-refractivity contribution is 7.80. The summed E-state index contributed by atoms with van der Waals surface area (Å²) in [6, 6.07) is 4.40. The lowest BCUT2D eigenvalue weighted by atomic mass is 10.3. The van der Waals surface area contributed by atoms with E-state index in [0.717, 1.165) is 12.1 Å². The number of ether oxygens (including phenoxy) is 1. The van der Waals surface area contributed by atoms with Gasteiger partial charge in [-0.1, -0.05) is 12.2 Å². The van der Waals surface area contributed by atoms with Gasteiger partial charge in [-0.25, -0.2) is 8.78 Å². The van der Waals surface area contributed by atoms with Crippen molar-refractivity contribution in [2.24, 2.45) is 5.73 Å². The van der Waals surface area contributed by atoms with Gasteiger partial charge in [0.25, 0.3) is 0 Å². The minimum Gasteiger partial charge on any atom is -0.434 e. The number of halogens is 2. The Hall–Kier alpha value is -2.15. The number of aromatic nitrogens is 2. The summed E-state index contributed by atoms with van der Waals surface area (Å²) in [4.78, 5) is 0.0439.